The minimum Gasteiger partial charge on any atom is -0.870 e. The molecule has 0 radical (unpaired) electrons. The molecular weight excluding hydrogens is 117 g/mol. The van der Waals surface area contributed by atoms with E-state index in [1.165, 1.54) is 4.90 Å². The Morgan fingerprint density at radius 3 is 2.00 bits per heavy atom. The van der Waals surface area contributed by atoms with Crippen molar-refractivity contribution in [2.45, 2.75) is 12.3 Å². The number of aliphatic hydroxyl groups excluding tert-OH is 1. The quantitative estimate of drug-likeness (QED) is 0.217. The van der Waals surface area contributed by atoms with Gasteiger partial charge in [-0.05, 0) is 13.1 Å². The minimum atomic E-state index is -0.558. The van der Waals surface area contributed by atoms with E-state index in [9.17, 15) is 4.79 Å². The van der Waals surface area contributed by atoms with Gasteiger partial charge in [0.05, 0.1) is 6.23 Å². The smallest absolute Gasteiger partial charge is 0.870 e. The van der Waals surface area contributed by atoms with E-state index in [1.807, 2.05) is 0 Å². The molecule has 2 N–H and O–H groups in total. The van der Waals surface area contributed by atoms with Crippen LogP contribution in [-0.4, -0.2) is 41.1 Å². The largest absolute Gasteiger partial charge is 1.00 e. The van der Waals surface area contributed by atoms with Gasteiger partial charge in [-0.25, -0.2) is 6.29 Å². The molecule has 48 valence electrons. The van der Waals surface area contributed by atoms with Crippen LogP contribution in [0.25, 0.3) is 0 Å². The Kier molecular flexibility index (Phi) is 5.34. The molecule has 9 heavy (non-hydrogen) atoms. The van der Waals surface area contributed by atoms with E-state index in [1.54, 1.807) is 13.3 Å². The third kappa shape index (κ3) is 2.09. The molecule has 0 aliphatic carbocycles. The first-order valence-corrected chi connectivity index (χ1v) is 2.05. The van der Waals surface area contributed by atoms with Crippen LogP contribution in [-0.2, 0) is 4.79 Å². The summed E-state index contributed by atoms with van der Waals surface area (Å²) in [7, 11) is 1.67. The molecule has 5 heteroatoms. The van der Waals surface area contributed by atoms with Gasteiger partial charge in [0.15, 0.2) is 0 Å². The average molecular weight is 124 g/mol. The molecule has 0 bridgehead atoms. The summed E-state index contributed by atoms with van der Waals surface area (Å²) in [6.07, 6.45) is 1.11. The maximum Gasteiger partial charge on any atom is 1.00 e. The number of nitrogens with zero attached hydrogens (tertiary/aromatic N) is 1. The summed E-state index contributed by atoms with van der Waals surface area (Å²) in [6, 6.07) is -0.347. The molecule has 0 saturated carbocycles. The minimum absolute atomic E-state index is 0. The van der Waals surface area contributed by atoms with E-state index in [4.69, 9.17) is 5.11 Å². The molecule has 0 aromatic rings. The van der Waals surface area contributed by atoms with Crippen LogP contribution < -0.4 is 18.9 Å². The van der Waals surface area contributed by atoms with Gasteiger partial charge in [0.1, 0.15) is 0 Å². The van der Waals surface area contributed by atoms with E-state index in [0.29, 0.717) is 0 Å². The van der Waals surface area contributed by atoms with E-state index >= 15 is 0 Å². The van der Waals surface area contributed by atoms with Gasteiger partial charge >= 0.3 is 18.9 Å². The van der Waals surface area contributed by atoms with Crippen molar-refractivity contribution in [2.24, 2.45) is 0 Å². The maximum atomic E-state index is 9.66. The number of carbonyl (C=O) groups excluding carboxylic acids is 1. The fraction of sp³-hybridized carbons (Fsp3) is 0.750. The second-order valence-electron chi connectivity index (χ2n) is 1.64. The predicted octanol–water partition coefficient (Wildman–Crippen LogP) is -4.44. The van der Waals surface area contributed by atoms with Crippen LogP contribution in [0.2, 0.25) is 0 Å². The topological polar surface area (TPSA) is 70.3 Å². The van der Waals surface area contributed by atoms with Gasteiger partial charge in [-0.3, -0.25) is 0 Å². The van der Waals surface area contributed by atoms with Gasteiger partial charge in [0.2, 0.25) is 0 Å². The summed E-state index contributed by atoms with van der Waals surface area (Å²) in [5.74, 6) is 0. The van der Waals surface area contributed by atoms with Crippen LogP contribution in [0.1, 0.15) is 0 Å². The number of aliphatic hydroxyl groups is 1. The van der Waals surface area contributed by atoms with Crippen LogP contribution in [0.3, 0.4) is 0 Å². The zero-order valence-electron chi connectivity index (χ0n) is 5.40. The van der Waals surface area contributed by atoms with Crippen molar-refractivity contribution in [3.05, 3.63) is 0 Å². The second-order valence-corrected chi connectivity index (χ2v) is 1.64. The van der Waals surface area contributed by atoms with Crippen LogP contribution in [0.5, 0.6) is 0 Å². The van der Waals surface area contributed by atoms with Gasteiger partial charge < -0.3 is 20.3 Å². The Morgan fingerprint density at radius 2 is 2.00 bits per heavy atom. The summed E-state index contributed by atoms with van der Waals surface area (Å²) < 4.78 is 0. The van der Waals surface area contributed by atoms with Crippen LogP contribution in [0.15, 0.2) is 0 Å². The average Bonchev–Trinajstić information content (AvgIpc) is 2.17. The summed E-state index contributed by atoms with van der Waals surface area (Å²) >= 11 is 0. The SMILES string of the molecule is CN1[C@H](O)[C@@H]1[C-]=O.[Li+].[OH-]. The van der Waals surface area contributed by atoms with Crippen molar-refractivity contribution in [3.8, 4) is 0 Å². The number of likely N-dealkylation sites (N-methyl/N-ethyl adjacent to an activating group) is 1. The number of hydrogen-bond acceptors (Lipinski definition) is 4. The van der Waals surface area contributed by atoms with Gasteiger partial charge in [0.25, 0.3) is 0 Å². The zero-order valence-corrected chi connectivity index (χ0v) is 5.40. The van der Waals surface area contributed by atoms with Crippen molar-refractivity contribution >= 4 is 6.29 Å². The van der Waals surface area contributed by atoms with Crippen molar-refractivity contribution in [2.75, 3.05) is 7.05 Å². The zero-order chi connectivity index (χ0) is 5.44. The molecule has 0 aromatic heterocycles. The fourth-order valence-electron chi connectivity index (χ4n) is 0.467. The fourth-order valence-corrected chi connectivity index (χ4v) is 0.467. The Hall–Kier alpha value is 0.147. The predicted molar refractivity (Wildman–Crippen MR) is 25.2 cm³/mol. The Bertz CT molecular complexity index is 91.8. The molecule has 1 fully saturated rings. The van der Waals surface area contributed by atoms with Gasteiger partial charge in [-0.15, -0.1) is 0 Å². The summed E-state index contributed by atoms with van der Waals surface area (Å²) in [6.45, 7) is 0. The molecule has 4 nitrogen and oxygen atoms in total. The van der Waals surface area contributed by atoms with Crippen LogP contribution >= 0.6 is 0 Å². The van der Waals surface area contributed by atoms with E-state index in [-0.39, 0.29) is 30.4 Å². The van der Waals surface area contributed by atoms with Crippen molar-refractivity contribution < 1.29 is 34.2 Å². The van der Waals surface area contributed by atoms with Gasteiger partial charge in [0, 0.05) is 0 Å². The van der Waals surface area contributed by atoms with Crippen molar-refractivity contribution in [1.29, 1.82) is 0 Å². The Morgan fingerprint density at radius 1 is 1.67 bits per heavy atom. The van der Waals surface area contributed by atoms with Crippen molar-refractivity contribution in [1.82, 2.24) is 4.90 Å². The molecule has 1 aliphatic rings. The third-order valence-corrected chi connectivity index (χ3v) is 1.17. The molecule has 0 amide bonds. The summed E-state index contributed by atoms with van der Waals surface area (Å²) in [4.78, 5) is 11.2. The van der Waals surface area contributed by atoms with Crippen LogP contribution in [0, 0.1) is 0 Å². The molecule has 1 unspecified atom stereocenters. The number of hydrogen-bond donors (Lipinski definition) is 1. The number of rotatable bonds is 1. The third-order valence-electron chi connectivity index (χ3n) is 1.17. The maximum absolute atomic E-state index is 9.66. The van der Waals surface area contributed by atoms with Gasteiger partial charge in [-0.1, -0.05) is 0 Å². The van der Waals surface area contributed by atoms with Crippen LogP contribution in [0.4, 0.5) is 0 Å². The Labute approximate surface area is 65.3 Å². The molecular formula is C4H7LiNO3-. The van der Waals surface area contributed by atoms with E-state index in [0.717, 1.165) is 0 Å². The molecule has 1 saturated heterocycles. The normalized spacial score (nSPS) is 37.8. The summed E-state index contributed by atoms with van der Waals surface area (Å²) in [5, 5.41) is 8.56. The molecule has 0 spiro atoms. The molecule has 1 rings (SSSR count). The first-order valence-electron chi connectivity index (χ1n) is 2.05. The monoisotopic (exact) mass is 124 g/mol. The Balaban J connectivity index is 0. The molecule has 1 heterocycles. The standard InChI is InChI=1S/C4H6NO2.Li.H2O/c1-5-3(2-6)4(5)7;;/h3-4,7H,1H3;;1H2/q-1;+1;/p-1/t3-,4+,5?;;/m0../s1. The van der Waals surface area contributed by atoms with Crippen molar-refractivity contribution in [3.63, 3.8) is 0 Å². The molecule has 1 aliphatic heterocycles. The molecule has 0 aromatic carbocycles. The molecule has 3 atom stereocenters. The van der Waals surface area contributed by atoms with E-state index in [2.05, 4.69) is 0 Å². The first kappa shape index (κ1) is 11.9. The van der Waals surface area contributed by atoms with Gasteiger partial charge in [-0.2, -0.15) is 0 Å². The first-order chi connectivity index (χ1) is 3.27. The second kappa shape index (κ2) is 4.04. The van der Waals surface area contributed by atoms with E-state index < -0.39 is 6.23 Å². The summed E-state index contributed by atoms with van der Waals surface area (Å²) in [5.41, 5.74) is 0.